The molecule has 0 aromatic heterocycles. The maximum atomic E-state index is 13.1. The summed E-state index contributed by atoms with van der Waals surface area (Å²) >= 11 is 1.67. The van der Waals surface area contributed by atoms with Crippen LogP contribution < -0.4 is 4.31 Å². The molecule has 3 rings (SSSR count). The van der Waals surface area contributed by atoms with Gasteiger partial charge in [-0.15, -0.1) is 11.8 Å². The first-order valence-corrected chi connectivity index (χ1v) is 9.78. The van der Waals surface area contributed by atoms with Crippen molar-refractivity contribution in [2.75, 3.05) is 16.6 Å². The van der Waals surface area contributed by atoms with Crippen molar-refractivity contribution >= 4 is 33.3 Å². The minimum atomic E-state index is -3.69. The number of hydrogen-bond acceptors (Lipinski definition) is 4. The summed E-state index contributed by atoms with van der Waals surface area (Å²) in [7, 11) is -3.69. The topological polar surface area (TPSA) is 54.5 Å². The smallest absolute Gasteiger partial charge is 0.264 e. The number of Topliss-reactive ketones (excluding diaryl/α,β-unsaturated/α-hetero) is 1. The lowest BCUT2D eigenvalue weighted by Crippen LogP contribution is -2.32. The van der Waals surface area contributed by atoms with Crippen LogP contribution in [0.4, 0.5) is 5.69 Å². The molecule has 1 heterocycles. The number of hydrogen-bond donors (Lipinski definition) is 0. The zero-order valence-electron chi connectivity index (χ0n) is 12.7. The van der Waals surface area contributed by atoms with Gasteiger partial charge in [-0.3, -0.25) is 9.10 Å². The minimum Gasteiger partial charge on any atom is -0.295 e. The van der Waals surface area contributed by atoms with E-state index >= 15 is 0 Å². The van der Waals surface area contributed by atoms with Gasteiger partial charge in [0.05, 0.1) is 10.6 Å². The molecule has 6 heteroatoms. The fourth-order valence-electron chi connectivity index (χ4n) is 2.55. The molecule has 0 amide bonds. The lowest BCUT2D eigenvalue weighted by atomic mass is 10.2. The Bertz CT molecular complexity index is 846. The Morgan fingerprint density at radius 1 is 1.13 bits per heavy atom. The van der Waals surface area contributed by atoms with E-state index in [0.717, 1.165) is 17.1 Å². The van der Waals surface area contributed by atoms with Gasteiger partial charge in [0.15, 0.2) is 5.78 Å². The number of carbonyl (C=O) groups excluding carboxylic acids is 1. The Balaban J connectivity index is 2.09. The number of sulfonamides is 1. The largest absolute Gasteiger partial charge is 0.295 e. The van der Waals surface area contributed by atoms with Crippen LogP contribution in [0.15, 0.2) is 58.3 Å². The molecule has 0 bridgehead atoms. The summed E-state index contributed by atoms with van der Waals surface area (Å²) in [5, 5.41) is 0. The van der Waals surface area contributed by atoms with E-state index < -0.39 is 10.0 Å². The Morgan fingerprint density at radius 3 is 2.70 bits per heavy atom. The molecule has 1 aliphatic rings. The molecular formula is C17H17NO3S2. The number of rotatable bonds is 3. The molecule has 2 aromatic carbocycles. The van der Waals surface area contributed by atoms with Gasteiger partial charge < -0.3 is 0 Å². The highest BCUT2D eigenvalue weighted by molar-refractivity contribution is 7.99. The second kappa shape index (κ2) is 6.37. The molecule has 1 aliphatic heterocycles. The fraction of sp³-hybridized carbons (Fsp3) is 0.235. The summed E-state index contributed by atoms with van der Waals surface area (Å²) in [6.07, 6.45) is 0.783. The first kappa shape index (κ1) is 16.1. The average Bonchev–Trinajstić information content (AvgIpc) is 2.77. The fourth-order valence-corrected chi connectivity index (χ4v) is 5.17. The Labute approximate surface area is 140 Å². The number of ketones is 1. The molecule has 0 fully saturated rings. The van der Waals surface area contributed by atoms with Crippen LogP contribution in [0.5, 0.6) is 0 Å². The van der Waals surface area contributed by atoms with Crippen molar-refractivity contribution in [2.45, 2.75) is 23.1 Å². The summed E-state index contributed by atoms with van der Waals surface area (Å²) in [4.78, 5) is 12.7. The second-order valence-electron chi connectivity index (χ2n) is 5.33. The first-order chi connectivity index (χ1) is 11.0. The number of nitrogens with zero attached hydrogens (tertiary/aromatic N) is 1. The predicted octanol–water partition coefficient (Wildman–Crippen LogP) is 3.58. The molecule has 23 heavy (non-hydrogen) atoms. The lowest BCUT2D eigenvalue weighted by molar-refractivity contribution is 0.101. The second-order valence-corrected chi connectivity index (χ2v) is 8.33. The molecule has 0 atom stereocenters. The van der Waals surface area contributed by atoms with Crippen LogP contribution in [0.2, 0.25) is 0 Å². The molecule has 0 saturated heterocycles. The van der Waals surface area contributed by atoms with Crippen molar-refractivity contribution in [3.63, 3.8) is 0 Å². The zero-order valence-corrected chi connectivity index (χ0v) is 14.4. The predicted molar refractivity (Wildman–Crippen MR) is 92.8 cm³/mol. The molecule has 0 aliphatic carbocycles. The van der Waals surface area contributed by atoms with Gasteiger partial charge in [-0.2, -0.15) is 0 Å². The molecule has 0 radical (unpaired) electrons. The highest BCUT2D eigenvalue weighted by atomic mass is 32.2. The molecule has 120 valence electrons. The maximum Gasteiger partial charge on any atom is 0.264 e. The number of anilines is 1. The summed E-state index contributed by atoms with van der Waals surface area (Å²) in [6, 6.07) is 13.8. The Hall–Kier alpha value is -1.79. The van der Waals surface area contributed by atoms with Gasteiger partial charge in [-0.05, 0) is 43.4 Å². The summed E-state index contributed by atoms with van der Waals surface area (Å²) in [5.41, 5.74) is 1.12. The highest BCUT2D eigenvalue weighted by Gasteiger charge is 2.28. The van der Waals surface area contributed by atoms with E-state index in [4.69, 9.17) is 0 Å². The van der Waals surface area contributed by atoms with Crippen LogP contribution in [0.25, 0.3) is 0 Å². The number of para-hydroxylation sites is 1. The average molecular weight is 347 g/mol. The van der Waals surface area contributed by atoms with E-state index in [1.165, 1.54) is 17.3 Å². The summed E-state index contributed by atoms with van der Waals surface area (Å²) < 4.78 is 27.6. The number of benzene rings is 2. The van der Waals surface area contributed by atoms with Crippen LogP contribution in [0, 0.1) is 0 Å². The van der Waals surface area contributed by atoms with Crippen molar-refractivity contribution in [1.29, 1.82) is 0 Å². The standard InChI is InChI=1S/C17H17NO3S2/c1-13(19)14-6-4-7-15(12-14)23(20,21)18-10-5-11-22-17-9-3-2-8-16(17)18/h2-4,6-9,12H,5,10-11H2,1H3. The van der Waals surface area contributed by atoms with Crippen LogP contribution in [-0.2, 0) is 10.0 Å². The minimum absolute atomic E-state index is 0.145. The van der Waals surface area contributed by atoms with E-state index in [-0.39, 0.29) is 10.7 Å². The van der Waals surface area contributed by atoms with Gasteiger partial charge in [0.25, 0.3) is 10.0 Å². The SMILES string of the molecule is CC(=O)c1cccc(S(=O)(=O)N2CCCSc3ccccc32)c1. The lowest BCUT2D eigenvalue weighted by Gasteiger charge is -2.24. The molecule has 4 nitrogen and oxygen atoms in total. The van der Waals surface area contributed by atoms with Crippen LogP contribution in [-0.4, -0.2) is 26.5 Å². The van der Waals surface area contributed by atoms with Gasteiger partial charge in [0.1, 0.15) is 0 Å². The number of thioether (sulfide) groups is 1. The monoisotopic (exact) mass is 347 g/mol. The number of fused-ring (bicyclic) bond motifs is 1. The molecule has 0 spiro atoms. The van der Waals surface area contributed by atoms with Crippen LogP contribution in [0.3, 0.4) is 0 Å². The summed E-state index contributed by atoms with van der Waals surface area (Å²) in [6.45, 7) is 1.88. The normalized spacial score (nSPS) is 14.9. The molecule has 0 unspecified atom stereocenters. The highest BCUT2D eigenvalue weighted by Crippen LogP contribution is 2.36. The first-order valence-electron chi connectivity index (χ1n) is 7.36. The molecule has 0 saturated carbocycles. The zero-order chi connectivity index (χ0) is 16.4. The van der Waals surface area contributed by atoms with Crippen molar-refractivity contribution in [1.82, 2.24) is 0 Å². The Morgan fingerprint density at radius 2 is 1.91 bits per heavy atom. The van der Waals surface area contributed by atoms with Crippen molar-refractivity contribution in [2.24, 2.45) is 0 Å². The van der Waals surface area contributed by atoms with Gasteiger partial charge in [-0.25, -0.2) is 8.42 Å². The Kier molecular flexibility index (Phi) is 4.46. The van der Waals surface area contributed by atoms with E-state index in [9.17, 15) is 13.2 Å². The number of carbonyl (C=O) groups is 1. The molecular weight excluding hydrogens is 330 g/mol. The molecule has 2 aromatic rings. The van der Waals surface area contributed by atoms with Gasteiger partial charge in [0, 0.05) is 17.0 Å². The van der Waals surface area contributed by atoms with Crippen molar-refractivity contribution in [3.05, 3.63) is 54.1 Å². The van der Waals surface area contributed by atoms with Crippen molar-refractivity contribution < 1.29 is 13.2 Å². The van der Waals surface area contributed by atoms with Crippen LogP contribution in [0.1, 0.15) is 23.7 Å². The summed E-state index contributed by atoms with van der Waals surface area (Å²) in [5.74, 6) is 0.741. The van der Waals surface area contributed by atoms with Crippen LogP contribution >= 0.6 is 11.8 Å². The van der Waals surface area contributed by atoms with Gasteiger partial charge in [-0.1, -0.05) is 24.3 Å². The van der Waals surface area contributed by atoms with E-state index in [1.807, 2.05) is 24.3 Å². The quantitative estimate of drug-likeness (QED) is 0.797. The van der Waals surface area contributed by atoms with E-state index in [2.05, 4.69) is 0 Å². The van der Waals surface area contributed by atoms with E-state index in [1.54, 1.807) is 30.0 Å². The maximum absolute atomic E-state index is 13.1. The van der Waals surface area contributed by atoms with Gasteiger partial charge in [0.2, 0.25) is 0 Å². The third-order valence-electron chi connectivity index (χ3n) is 3.73. The third kappa shape index (κ3) is 3.14. The van der Waals surface area contributed by atoms with E-state index in [0.29, 0.717) is 17.8 Å². The van der Waals surface area contributed by atoms with Crippen molar-refractivity contribution in [3.8, 4) is 0 Å². The van der Waals surface area contributed by atoms with Gasteiger partial charge >= 0.3 is 0 Å². The third-order valence-corrected chi connectivity index (χ3v) is 6.68. The molecule has 0 N–H and O–H groups in total.